The third-order valence-corrected chi connectivity index (χ3v) is 3.93. The predicted molar refractivity (Wildman–Crippen MR) is 91.5 cm³/mol. The molecule has 0 saturated carbocycles. The summed E-state index contributed by atoms with van der Waals surface area (Å²) in [5.74, 6) is 0. The summed E-state index contributed by atoms with van der Waals surface area (Å²) in [6.07, 6.45) is 0. The molecule has 6 heteroatoms. The normalized spacial score (nSPS) is 10.2. The lowest BCUT2D eigenvalue weighted by molar-refractivity contribution is 0.251. The van der Waals surface area contributed by atoms with E-state index in [0.717, 1.165) is 14.8 Å². The van der Waals surface area contributed by atoms with Crippen molar-refractivity contribution in [2.24, 2.45) is 0 Å². The Morgan fingerprint density at radius 3 is 2.60 bits per heavy atom. The van der Waals surface area contributed by atoms with Crippen LogP contribution in [-0.2, 0) is 6.54 Å². The lowest BCUT2D eigenvalue weighted by Gasteiger charge is -2.08. The number of carbonyl (C=O) groups excluding carboxylic acids is 1. The SMILES string of the molecule is O=C(NCc1ccc(Cl)c(Cl)c1)Nc1cccc(I)c1. The van der Waals surface area contributed by atoms with Gasteiger partial charge >= 0.3 is 6.03 Å². The minimum absolute atomic E-state index is 0.266. The van der Waals surface area contributed by atoms with Gasteiger partial charge < -0.3 is 10.6 Å². The maximum atomic E-state index is 11.8. The van der Waals surface area contributed by atoms with Crippen LogP contribution in [0.3, 0.4) is 0 Å². The lowest BCUT2D eigenvalue weighted by atomic mass is 10.2. The van der Waals surface area contributed by atoms with Gasteiger partial charge in [-0.05, 0) is 58.5 Å². The van der Waals surface area contributed by atoms with Crippen molar-refractivity contribution in [1.82, 2.24) is 5.32 Å². The molecular weight excluding hydrogens is 410 g/mol. The molecule has 0 aliphatic rings. The predicted octanol–water partition coefficient (Wildman–Crippen LogP) is 4.92. The second-order valence-electron chi connectivity index (χ2n) is 4.07. The second-order valence-corrected chi connectivity index (χ2v) is 6.13. The largest absolute Gasteiger partial charge is 0.334 e. The molecule has 2 rings (SSSR count). The first-order chi connectivity index (χ1) is 9.54. The summed E-state index contributed by atoms with van der Waals surface area (Å²) < 4.78 is 1.06. The van der Waals surface area contributed by atoms with Gasteiger partial charge in [0.15, 0.2) is 0 Å². The molecule has 0 fully saturated rings. The Hall–Kier alpha value is -0.980. The van der Waals surface area contributed by atoms with E-state index in [1.165, 1.54) is 0 Å². The van der Waals surface area contributed by atoms with Gasteiger partial charge in [-0.2, -0.15) is 0 Å². The molecule has 0 unspecified atom stereocenters. The van der Waals surface area contributed by atoms with Crippen molar-refractivity contribution < 1.29 is 4.79 Å². The van der Waals surface area contributed by atoms with E-state index in [-0.39, 0.29) is 6.03 Å². The van der Waals surface area contributed by atoms with Crippen molar-refractivity contribution in [3.8, 4) is 0 Å². The van der Waals surface area contributed by atoms with Crippen LogP contribution in [0.5, 0.6) is 0 Å². The maximum absolute atomic E-state index is 11.8. The van der Waals surface area contributed by atoms with Crippen LogP contribution in [0.25, 0.3) is 0 Å². The van der Waals surface area contributed by atoms with Crippen LogP contribution >= 0.6 is 45.8 Å². The van der Waals surface area contributed by atoms with Crippen LogP contribution in [0, 0.1) is 3.57 Å². The molecule has 0 heterocycles. The average molecular weight is 421 g/mol. The fraction of sp³-hybridized carbons (Fsp3) is 0.0714. The summed E-state index contributed by atoms with van der Waals surface area (Å²) in [5, 5.41) is 6.50. The molecule has 0 radical (unpaired) electrons. The van der Waals surface area contributed by atoms with Crippen molar-refractivity contribution in [2.75, 3.05) is 5.32 Å². The Labute approximate surface area is 140 Å². The fourth-order valence-electron chi connectivity index (χ4n) is 1.57. The molecule has 20 heavy (non-hydrogen) atoms. The summed E-state index contributed by atoms with van der Waals surface area (Å²) in [5.41, 5.74) is 1.64. The first-order valence-corrected chi connectivity index (χ1v) is 7.62. The Morgan fingerprint density at radius 2 is 1.90 bits per heavy atom. The molecule has 0 aliphatic carbocycles. The van der Waals surface area contributed by atoms with Crippen LogP contribution in [0.4, 0.5) is 10.5 Å². The van der Waals surface area contributed by atoms with E-state index in [0.29, 0.717) is 16.6 Å². The van der Waals surface area contributed by atoms with Gasteiger partial charge in [-0.25, -0.2) is 4.79 Å². The van der Waals surface area contributed by atoms with Gasteiger partial charge in [-0.15, -0.1) is 0 Å². The van der Waals surface area contributed by atoms with Crippen molar-refractivity contribution in [3.63, 3.8) is 0 Å². The number of nitrogens with one attached hydrogen (secondary N) is 2. The molecule has 2 amide bonds. The first-order valence-electron chi connectivity index (χ1n) is 5.79. The number of hydrogen-bond acceptors (Lipinski definition) is 1. The van der Waals surface area contributed by atoms with E-state index in [4.69, 9.17) is 23.2 Å². The summed E-state index contributed by atoms with van der Waals surface area (Å²) in [6.45, 7) is 0.382. The number of rotatable bonds is 3. The molecule has 0 aliphatic heterocycles. The van der Waals surface area contributed by atoms with Crippen LogP contribution in [0.1, 0.15) is 5.56 Å². The molecule has 2 aromatic rings. The second kappa shape index (κ2) is 7.15. The lowest BCUT2D eigenvalue weighted by Crippen LogP contribution is -2.28. The number of amides is 2. The van der Waals surface area contributed by atoms with Gasteiger partial charge in [0.05, 0.1) is 10.0 Å². The number of hydrogen-bond donors (Lipinski definition) is 2. The van der Waals surface area contributed by atoms with E-state index in [1.807, 2.05) is 30.3 Å². The maximum Gasteiger partial charge on any atom is 0.319 e. The molecule has 0 spiro atoms. The van der Waals surface area contributed by atoms with Gasteiger partial charge in [-0.1, -0.05) is 35.3 Å². The van der Waals surface area contributed by atoms with E-state index in [1.54, 1.807) is 12.1 Å². The zero-order valence-electron chi connectivity index (χ0n) is 10.3. The highest BCUT2D eigenvalue weighted by atomic mass is 127. The number of anilines is 1. The quantitative estimate of drug-likeness (QED) is 0.680. The highest BCUT2D eigenvalue weighted by Crippen LogP contribution is 2.22. The van der Waals surface area contributed by atoms with E-state index >= 15 is 0 Å². The van der Waals surface area contributed by atoms with Crippen molar-refractivity contribution in [3.05, 3.63) is 61.6 Å². The van der Waals surface area contributed by atoms with Gasteiger partial charge in [0.2, 0.25) is 0 Å². The van der Waals surface area contributed by atoms with E-state index < -0.39 is 0 Å². The molecule has 2 N–H and O–H groups in total. The summed E-state index contributed by atoms with van der Waals surface area (Å²) >= 11 is 13.9. The summed E-state index contributed by atoms with van der Waals surface area (Å²) in [4.78, 5) is 11.8. The van der Waals surface area contributed by atoms with Crippen molar-refractivity contribution in [1.29, 1.82) is 0 Å². The Morgan fingerprint density at radius 1 is 1.10 bits per heavy atom. The topological polar surface area (TPSA) is 41.1 Å². The van der Waals surface area contributed by atoms with Crippen LogP contribution in [-0.4, -0.2) is 6.03 Å². The minimum atomic E-state index is -0.266. The third kappa shape index (κ3) is 4.54. The smallest absolute Gasteiger partial charge is 0.319 e. The Kier molecular flexibility index (Phi) is 5.51. The molecule has 2 aromatic carbocycles. The molecule has 0 atom stereocenters. The third-order valence-electron chi connectivity index (χ3n) is 2.52. The number of halogens is 3. The average Bonchev–Trinajstić information content (AvgIpc) is 2.40. The molecule has 0 aromatic heterocycles. The molecule has 3 nitrogen and oxygen atoms in total. The Balaban J connectivity index is 1.90. The van der Waals surface area contributed by atoms with Gasteiger partial charge in [0, 0.05) is 15.8 Å². The van der Waals surface area contributed by atoms with E-state index in [9.17, 15) is 4.79 Å². The summed E-state index contributed by atoms with van der Waals surface area (Å²) in [7, 11) is 0. The molecule has 0 bridgehead atoms. The highest BCUT2D eigenvalue weighted by Gasteiger charge is 2.03. The fourth-order valence-corrected chi connectivity index (χ4v) is 2.44. The monoisotopic (exact) mass is 420 g/mol. The zero-order chi connectivity index (χ0) is 14.5. The van der Waals surface area contributed by atoms with Crippen LogP contribution < -0.4 is 10.6 Å². The number of benzene rings is 2. The Bertz CT molecular complexity index is 634. The molecule has 104 valence electrons. The van der Waals surface area contributed by atoms with Crippen LogP contribution in [0.2, 0.25) is 10.0 Å². The number of urea groups is 1. The van der Waals surface area contributed by atoms with Gasteiger partial charge in [-0.3, -0.25) is 0 Å². The highest BCUT2D eigenvalue weighted by molar-refractivity contribution is 14.1. The summed E-state index contributed by atoms with van der Waals surface area (Å²) in [6, 6.07) is 12.6. The van der Waals surface area contributed by atoms with Crippen molar-refractivity contribution in [2.45, 2.75) is 6.54 Å². The standard InChI is InChI=1S/C14H11Cl2IN2O/c15-12-5-4-9(6-13(12)16)8-18-14(20)19-11-3-1-2-10(17)7-11/h1-7H,8H2,(H2,18,19,20). The first kappa shape index (κ1) is 15.4. The molecule has 0 saturated heterocycles. The zero-order valence-corrected chi connectivity index (χ0v) is 14.0. The van der Waals surface area contributed by atoms with Gasteiger partial charge in [0.1, 0.15) is 0 Å². The van der Waals surface area contributed by atoms with Crippen LogP contribution in [0.15, 0.2) is 42.5 Å². The minimum Gasteiger partial charge on any atom is -0.334 e. The van der Waals surface area contributed by atoms with Gasteiger partial charge in [0.25, 0.3) is 0 Å². The molecular formula is C14H11Cl2IN2O. The van der Waals surface area contributed by atoms with E-state index in [2.05, 4.69) is 33.2 Å². The van der Waals surface area contributed by atoms with Crippen molar-refractivity contribution >= 4 is 57.5 Å². The number of carbonyl (C=O) groups is 1.